The lowest BCUT2D eigenvalue weighted by molar-refractivity contribution is -0.182. The van der Waals surface area contributed by atoms with E-state index < -0.39 is 0 Å². The van der Waals surface area contributed by atoms with Crippen LogP contribution in [-0.2, 0) is 4.74 Å². The molecule has 0 aromatic heterocycles. The minimum absolute atomic E-state index is 0.0500. The number of ether oxygens (including phenoxy) is 1. The lowest BCUT2D eigenvalue weighted by Gasteiger charge is -2.49. The van der Waals surface area contributed by atoms with Crippen LogP contribution in [0.2, 0.25) is 0 Å². The first-order valence-corrected chi connectivity index (χ1v) is 6.17. The average Bonchev–Trinajstić information content (AvgIpc) is 1.96. The second-order valence-corrected chi connectivity index (χ2v) is 6.90. The molecule has 0 aromatic rings. The van der Waals surface area contributed by atoms with Crippen LogP contribution in [0.15, 0.2) is 0 Å². The van der Waals surface area contributed by atoms with Gasteiger partial charge in [0.25, 0.3) is 0 Å². The summed E-state index contributed by atoms with van der Waals surface area (Å²) < 4.78 is 6.08. The Morgan fingerprint density at radius 1 is 1.12 bits per heavy atom. The van der Waals surface area contributed by atoms with Gasteiger partial charge in [0.15, 0.2) is 0 Å². The fourth-order valence-corrected chi connectivity index (χ4v) is 2.70. The summed E-state index contributed by atoms with van der Waals surface area (Å²) in [5.74, 6) is 0. The molecule has 1 saturated heterocycles. The van der Waals surface area contributed by atoms with Crippen molar-refractivity contribution in [3.8, 4) is 0 Å². The Labute approximate surface area is 101 Å². The molecule has 0 bridgehead atoms. The van der Waals surface area contributed by atoms with E-state index in [9.17, 15) is 0 Å². The van der Waals surface area contributed by atoms with Crippen molar-refractivity contribution in [2.75, 3.05) is 26.7 Å². The summed E-state index contributed by atoms with van der Waals surface area (Å²) in [7, 11) is 2.02. The fraction of sp³-hybridized carbons (Fsp3) is 1.00. The Kier molecular flexibility index (Phi) is 3.73. The molecule has 0 aliphatic carbocycles. The maximum Gasteiger partial charge on any atom is 0.0760 e. The summed E-state index contributed by atoms with van der Waals surface area (Å²) in [6.07, 6.45) is 0. The number of nitrogens with zero attached hydrogens (tertiary/aromatic N) is 1. The van der Waals surface area contributed by atoms with Gasteiger partial charge in [-0.2, -0.15) is 0 Å². The Balaban J connectivity index is 2.68. The van der Waals surface area contributed by atoms with E-state index in [0.29, 0.717) is 0 Å². The van der Waals surface area contributed by atoms with Crippen molar-refractivity contribution in [2.45, 2.75) is 58.3 Å². The first kappa shape index (κ1) is 13.9. The predicted octanol–water partition coefficient (Wildman–Crippen LogP) is 1.87. The molecular weight excluding hydrogens is 200 g/mol. The third-order valence-corrected chi connectivity index (χ3v) is 3.06. The van der Waals surface area contributed by atoms with Crippen molar-refractivity contribution in [1.82, 2.24) is 10.2 Å². The van der Waals surface area contributed by atoms with Crippen LogP contribution in [0.1, 0.15) is 41.5 Å². The Hall–Kier alpha value is -0.120. The van der Waals surface area contributed by atoms with Crippen molar-refractivity contribution in [3.63, 3.8) is 0 Å². The number of likely N-dealkylation sites (N-methyl/N-ethyl adjacent to an activating group) is 1. The molecule has 0 radical (unpaired) electrons. The molecule has 0 saturated carbocycles. The van der Waals surface area contributed by atoms with Crippen molar-refractivity contribution in [3.05, 3.63) is 0 Å². The number of hydrogen-bond donors (Lipinski definition) is 1. The smallest absolute Gasteiger partial charge is 0.0760 e. The average molecular weight is 228 g/mol. The van der Waals surface area contributed by atoms with E-state index in [1.165, 1.54) is 0 Å². The van der Waals surface area contributed by atoms with E-state index in [4.69, 9.17) is 4.74 Å². The van der Waals surface area contributed by atoms with Gasteiger partial charge in [-0.25, -0.2) is 0 Å². The van der Waals surface area contributed by atoms with Gasteiger partial charge < -0.3 is 10.1 Å². The molecule has 1 aliphatic heterocycles. The van der Waals surface area contributed by atoms with Crippen LogP contribution in [0, 0.1) is 0 Å². The first-order chi connectivity index (χ1) is 7.05. The third-order valence-electron chi connectivity index (χ3n) is 3.06. The summed E-state index contributed by atoms with van der Waals surface area (Å²) in [5.41, 5.74) is 0.0562. The Morgan fingerprint density at radius 2 is 1.56 bits per heavy atom. The molecular formula is C13H28N2O. The highest BCUT2D eigenvalue weighted by Gasteiger charge is 2.39. The van der Waals surface area contributed by atoms with Crippen LogP contribution in [0.5, 0.6) is 0 Å². The molecule has 96 valence electrons. The zero-order valence-corrected chi connectivity index (χ0v) is 12.0. The standard InChI is InChI=1S/C13H28N2O/c1-11(2,14-7)8-15-9-12(3,4)16-13(5,6)10-15/h14H,8-10H2,1-7H3. The van der Waals surface area contributed by atoms with Crippen molar-refractivity contribution < 1.29 is 4.74 Å². The topological polar surface area (TPSA) is 24.5 Å². The Morgan fingerprint density at radius 3 is 1.94 bits per heavy atom. The molecule has 0 unspecified atom stereocenters. The molecule has 0 spiro atoms. The molecule has 0 amide bonds. The van der Waals surface area contributed by atoms with Crippen LogP contribution in [0.3, 0.4) is 0 Å². The molecule has 0 atom stereocenters. The number of rotatable bonds is 3. The first-order valence-electron chi connectivity index (χ1n) is 6.17. The summed E-state index contributed by atoms with van der Waals surface area (Å²) in [6.45, 7) is 16.2. The minimum atomic E-state index is -0.0500. The van der Waals surface area contributed by atoms with Crippen LogP contribution in [-0.4, -0.2) is 48.3 Å². The van der Waals surface area contributed by atoms with E-state index in [2.05, 4.69) is 51.8 Å². The molecule has 16 heavy (non-hydrogen) atoms. The summed E-state index contributed by atoms with van der Waals surface area (Å²) in [6, 6.07) is 0. The van der Waals surface area contributed by atoms with E-state index in [1.54, 1.807) is 0 Å². The molecule has 1 N–H and O–H groups in total. The molecule has 1 fully saturated rings. The number of nitrogens with one attached hydrogen (secondary N) is 1. The highest BCUT2D eigenvalue weighted by molar-refractivity contribution is 4.92. The van der Waals surface area contributed by atoms with Gasteiger partial charge in [-0.1, -0.05) is 0 Å². The molecule has 3 heteroatoms. The molecule has 1 heterocycles. The van der Waals surface area contributed by atoms with Gasteiger partial charge in [0.05, 0.1) is 11.2 Å². The van der Waals surface area contributed by atoms with Gasteiger partial charge in [-0.15, -0.1) is 0 Å². The quantitative estimate of drug-likeness (QED) is 0.798. The maximum absolute atomic E-state index is 6.08. The second-order valence-electron chi connectivity index (χ2n) is 6.90. The monoisotopic (exact) mass is 228 g/mol. The van der Waals surface area contributed by atoms with Crippen LogP contribution in [0.25, 0.3) is 0 Å². The minimum Gasteiger partial charge on any atom is -0.367 e. The zero-order valence-electron chi connectivity index (χ0n) is 12.0. The van der Waals surface area contributed by atoms with E-state index in [0.717, 1.165) is 19.6 Å². The number of hydrogen-bond acceptors (Lipinski definition) is 3. The Bertz CT molecular complexity index is 230. The second kappa shape index (κ2) is 4.28. The number of morpholine rings is 1. The van der Waals surface area contributed by atoms with Gasteiger partial charge in [0.1, 0.15) is 0 Å². The lowest BCUT2D eigenvalue weighted by Crippen LogP contribution is -2.60. The van der Waals surface area contributed by atoms with Gasteiger partial charge in [0.2, 0.25) is 0 Å². The van der Waals surface area contributed by atoms with Gasteiger partial charge in [-0.3, -0.25) is 4.90 Å². The third kappa shape index (κ3) is 4.04. The van der Waals surface area contributed by atoms with E-state index in [1.807, 2.05) is 7.05 Å². The van der Waals surface area contributed by atoms with Crippen LogP contribution < -0.4 is 5.32 Å². The molecule has 0 aromatic carbocycles. The van der Waals surface area contributed by atoms with Gasteiger partial charge in [-0.05, 0) is 48.6 Å². The highest BCUT2D eigenvalue weighted by Crippen LogP contribution is 2.28. The van der Waals surface area contributed by atoms with Gasteiger partial charge in [0, 0.05) is 25.2 Å². The fourth-order valence-electron chi connectivity index (χ4n) is 2.70. The highest BCUT2D eigenvalue weighted by atomic mass is 16.5. The van der Waals surface area contributed by atoms with Crippen molar-refractivity contribution >= 4 is 0 Å². The summed E-state index contributed by atoms with van der Waals surface area (Å²) in [5, 5.41) is 3.36. The van der Waals surface area contributed by atoms with Crippen molar-refractivity contribution in [1.29, 1.82) is 0 Å². The van der Waals surface area contributed by atoms with Gasteiger partial charge >= 0.3 is 0 Å². The summed E-state index contributed by atoms with van der Waals surface area (Å²) in [4.78, 5) is 2.50. The van der Waals surface area contributed by atoms with Crippen molar-refractivity contribution in [2.24, 2.45) is 0 Å². The summed E-state index contributed by atoms with van der Waals surface area (Å²) >= 11 is 0. The molecule has 1 rings (SSSR count). The molecule has 1 aliphatic rings. The zero-order chi connectivity index (χ0) is 12.6. The lowest BCUT2D eigenvalue weighted by atomic mass is 9.96. The van der Waals surface area contributed by atoms with Crippen LogP contribution >= 0.6 is 0 Å². The predicted molar refractivity (Wildman–Crippen MR) is 68.8 cm³/mol. The maximum atomic E-state index is 6.08. The SMILES string of the molecule is CNC(C)(C)CN1CC(C)(C)OC(C)(C)C1. The van der Waals surface area contributed by atoms with E-state index >= 15 is 0 Å². The molecule has 3 nitrogen and oxygen atoms in total. The van der Waals surface area contributed by atoms with Crippen LogP contribution in [0.4, 0.5) is 0 Å². The van der Waals surface area contributed by atoms with E-state index in [-0.39, 0.29) is 16.7 Å². The normalized spacial score (nSPS) is 25.7. The largest absolute Gasteiger partial charge is 0.367 e.